The van der Waals surface area contributed by atoms with E-state index in [0.717, 1.165) is 11.1 Å². The minimum absolute atomic E-state index is 0.00439. The Hall–Kier alpha value is -7.43. The van der Waals surface area contributed by atoms with Crippen molar-refractivity contribution in [2.24, 2.45) is 11.8 Å². The summed E-state index contributed by atoms with van der Waals surface area (Å²) in [5, 5.41) is 8.27. The van der Waals surface area contributed by atoms with Crippen molar-refractivity contribution >= 4 is 74.8 Å². The van der Waals surface area contributed by atoms with Crippen LogP contribution in [0.2, 0.25) is 20.2 Å². The first-order chi connectivity index (χ1) is 50.3. The Morgan fingerprint density at radius 2 is 0.533 bits per heavy atom. The molecule has 6 atom stereocenters. The Balaban J connectivity index is 1.26. The van der Waals surface area contributed by atoms with Crippen molar-refractivity contribution in [3.8, 4) is 0 Å². The summed E-state index contributed by atoms with van der Waals surface area (Å²) in [6.07, 6.45) is 5.04. The van der Waals surface area contributed by atoms with E-state index in [1.807, 2.05) is 0 Å². The maximum atomic E-state index is 8.96. The first-order valence-electron chi connectivity index (χ1n) is 38.4. The fraction of sp³-hybridized carbons (Fsp3) is 0.347. The minimum atomic E-state index is -3.44. The zero-order chi connectivity index (χ0) is 74.8. The summed E-state index contributed by atoms with van der Waals surface area (Å²) in [5.41, 5.74) is 2.29. The fourth-order valence-electron chi connectivity index (χ4n) is 16.5. The van der Waals surface area contributed by atoms with Gasteiger partial charge in [-0.15, -0.1) is 0 Å². The summed E-state index contributed by atoms with van der Waals surface area (Å²) in [6, 6.07) is 111. The second kappa shape index (κ2) is 36.0. The molecule has 0 aromatic heterocycles. The lowest BCUT2D eigenvalue weighted by Crippen LogP contribution is -2.70. The molecular formula is C95H118O6Si4. The summed E-state index contributed by atoms with van der Waals surface area (Å²) in [5.74, 6) is 0.225. The topological polar surface area (TPSA) is 55.4 Å². The molecular weight excluding hydrogens is 1350 g/mol. The quantitative estimate of drug-likeness (QED) is 0.0228. The van der Waals surface area contributed by atoms with Gasteiger partial charge in [0.1, 0.15) is 0 Å². The van der Waals surface area contributed by atoms with Gasteiger partial charge in [0, 0.05) is 18.9 Å². The monoisotopic (exact) mass is 1470 g/mol. The molecule has 0 unspecified atom stereocenters. The normalized spacial score (nSPS) is 14.7. The highest BCUT2D eigenvalue weighted by molar-refractivity contribution is 7.01. The van der Waals surface area contributed by atoms with Crippen molar-refractivity contribution in [3.05, 3.63) is 327 Å². The molecule has 0 aliphatic heterocycles. The van der Waals surface area contributed by atoms with Crippen LogP contribution < -0.4 is 41.5 Å². The third kappa shape index (κ3) is 18.9. The average Bonchev–Trinajstić information content (AvgIpc) is 0.759. The highest BCUT2D eigenvalue weighted by Crippen LogP contribution is 2.45. The van der Waals surface area contributed by atoms with Crippen LogP contribution in [0.4, 0.5) is 0 Å². The van der Waals surface area contributed by atoms with E-state index in [1.54, 1.807) is 0 Å². The molecule has 10 heteroatoms. The van der Waals surface area contributed by atoms with Crippen LogP contribution in [-0.4, -0.2) is 70.4 Å². The van der Waals surface area contributed by atoms with Gasteiger partial charge >= 0.3 is 0 Å². The first-order valence-corrected chi connectivity index (χ1v) is 46.1. The lowest BCUT2D eigenvalue weighted by Gasteiger charge is -2.49. The summed E-state index contributed by atoms with van der Waals surface area (Å²) in [6.45, 7) is 37.2. The van der Waals surface area contributed by atoms with Crippen molar-refractivity contribution in [3.63, 3.8) is 0 Å². The summed E-state index contributed by atoms with van der Waals surface area (Å²) in [4.78, 5) is 0. The minimum Gasteiger partial charge on any atom is -0.404 e. The van der Waals surface area contributed by atoms with Crippen molar-refractivity contribution < 1.29 is 27.2 Å². The summed E-state index contributed by atoms with van der Waals surface area (Å²) < 4.78 is 49.1. The lowest BCUT2D eigenvalue weighted by atomic mass is 9.93. The predicted octanol–water partition coefficient (Wildman–Crippen LogP) is 19.0. The molecule has 6 nitrogen and oxygen atoms in total. The lowest BCUT2D eigenvalue weighted by molar-refractivity contribution is -0.0119. The van der Waals surface area contributed by atoms with Gasteiger partial charge in [-0.2, -0.15) is 0 Å². The summed E-state index contributed by atoms with van der Waals surface area (Å²) in [7, 11) is -13.5. The van der Waals surface area contributed by atoms with Crippen LogP contribution in [0.3, 0.4) is 0 Å². The molecule has 0 saturated carbocycles. The van der Waals surface area contributed by atoms with Crippen LogP contribution in [0, 0.1) is 11.8 Å². The molecule has 0 N–H and O–H groups in total. The molecule has 0 heterocycles. The highest BCUT2D eigenvalue weighted by Gasteiger charge is 2.57. The predicted molar refractivity (Wildman–Crippen MR) is 453 cm³/mol. The zero-order valence-corrected chi connectivity index (χ0v) is 69.5. The molecule has 0 fully saturated rings. The molecule has 550 valence electrons. The molecule has 0 radical (unpaired) electrons. The third-order valence-electron chi connectivity index (χ3n) is 21.4. The van der Waals surface area contributed by atoms with Crippen LogP contribution in [0.1, 0.15) is 141 Å². The number of hydrogen-bond acceptors (Lipinski definition) is 6. The fourth-order valence-corrected chi connectivity index (χ4v) is 35.3. The molecule has 0 aliphatic carbocycles. The third-order valence-corrected chi connectivity index (χ3v) is 41.7. The van der Waals surface area contributed by atoms with Gasteiger partial charge in [0.15, 0.2) is 0 Å². The van der Waals surface area contributed by atoms with Gasteiger partial charge in [0.2, 0.25) is 0 Å². The zero-order valence-electron chi connectivity index (χ0n) is 65.5. The molecule has 0 aliphatic rings. The smallest absolute Gasteiger partial charge is 0.261 e. The van der Waals surface area contributed by atoms with Gasteiger partial charge in [-0.3, -0.25) is 0 Å². The standard InChI is InChI=1S/C95H118O6Si4/c1-75(2)91(97-74-78-48-28-17-29-49-78)76(3)66-67-79(98-102(92(4,5)6,83-50-30-18-31-51-83)84-52-32-19-33-53-84)70-81(100-104(94(10,11)12,87-58-38-22-39-59-87)88-60-40-23-41-61-88)72-82(101-105(95(13,14)15,89-62-42-24-43-63-89)90-64-44-25-45-65-90)71-80(68-69-96-73-77-46-26-16-27-47-77)99-103(93(7,8)9,85-54-34-20-35-55-85)86-56-36-21-37-57-86/h16-67,75-76,79-82,91H,68-74H2,1-15H3/t76-,79-,80-,81-,82-,91-/m0/s1. The van der Waals surface area contributed by atoms with Crippen LogP contribution in [0.15, 0.2) is 315 Å². The van der Waals surface area contributed by atoms with Gasteiger partial charge in [-0.1, -0.05) is 419 Å². The van der Waals surface area contributed by atoms with Gasteiger partial charge in [0.05, 0.1) is 43.7 Å². The SMILES string of the molecule is CC(C)[C@H](OCc1ccccc1)[C@@H](C)C=C[C@@H](C[C@@H](C[C@H](C[C@H](CCOCc1ccccc1)O[Si](c1ccccc1)(c1ccccc1)C(C)(C)C)O[Si](c1ccccc1)(c1ccccc1)C(C)(C)C)O[Si](c1ccccc1)(c1ccccc1)C(C)(C)C)O[Si](c1ccccc1)(c1ccccc1)C(C)(C)C. The van der Waals surface area contributed by atoms with Crippen LogP contribution in [-0.2, 0) is 40.4 Å². The number of hydrogen-bond donors (Lipinski definition) is 0. The van der Waals surface area contributed by atoms with Gasteiger partial charge in [-0.05, 0) is 98.0 Å². The second-order valence-corrected chi connectivity index (χ2v) is 50.3. The van der Waals surface area contributed by atoms with E-state index in [4.69, 9.17) is 27.2 Å². The van der Waals surface area contributed by atoms with E-state index >= 15 is 0 Å². The highest BCUT2D eigenvalue weighted by atomic mass is 28.4. The number of benzene rings is 10. The molecule has 10 aromatic rings. The van der Waals surface area contributed by atoms with E-state index in [-0.39, 0.29) is 34.1 Å². The summed E-state index contributed by atoms with van der Waals surface area (Å²) >= 11 is 0. The van der Waals surface area contributed by atoms with Gasteiger partial charge < -0.3 is 27.2 Å². The Labute approximate surface area is 636 Å². The van der Waals surface area contributed by atoms with Crippen molar-refractivity contribution in [2.75, 3.05) is 6.61 Å². The first kappa shape index (κ1) is 80.1. The van der Waals surface area contributed by atoms with Crippen molar-refractivity contribution in [1.29, 1.82) is 0 Å². The van der Waals surface area contributed by atoms with Gasteiger partial charge in [-0.25, -0.2) is 0 Å². The average molecular weight is 1470 g/mol. The number of rotatable bonds is 34. The number of ether oxygens (including phenoxy) is 2. The molecule has 0 saturated heterocycles. The van der Waals surface area contributed by atoms with Crippen LogP contribution >= 0.6 is 0 Å². The molecule has 10 rings (SSSR count). The Kier molecular flexibility index (Phi) is 27.5. The largest absolute Gasteiger partial charge is 0.404 e. The van der Waals surface area contributed by atoms with E-state index in [9.17, 15) is 0 Å². The van der Waals surface area contributed by atoms with Gasteiger partial charge in [0.25, 0.3) is 33.3 Å². The van der Waals surface area contributed by atoms with E-state index in [1.165, 1.54) is 41.5 Å². The Morgan fingerprint density at radius 1 is 0.286 bits per heavy atom. The van der Waals surface area contributed by atoms with E-state index < -0.39 is 61.7 Å². The van der Waals surface area contributed by atoms with Crippen molar-refractivity contribution in [2.45, 2.75) is 193 Å². The molecule has 0 amide bonds. The maximum Gasteiger partial charge on any atom is 0.261 e. The maximum absolute atomic E-state index is 8.96. The second-order valence-electron chi connectivity index (χ2n) is 33.3. The Bertz CT molecular complexity index is 4010. The van der Waals surface area contributed by atoms with Crippen LogP contribution in [0.5, 0.6) is 0 Å². The van der Waals surface area contributed by atoms with Crippen molar-refractivity contribution in [1.82, 2.24) is 0 Å². The molecule has 10 aromatic carbocycles. The van der Waals surface area contributed by atoms with E-state index in [0.29, 0.717) is 45.5 Å². The molecule has 0 bridgehead atoms. The van der Waals surface area contributed by atoms with E-state index in [2.05, 4.69) is 419 Å². The molecule has 0 spiro atoms. The Morgan fingerprint density at radius 3 is 0.819 bits per heavy atom. The molecule has 105 heavy (non-hydrogen) atoms. The van der Waals surface area contributed by atoms with Crippen LogP contribution in [0.25, 0.3) is 0 Å².